The first kappa shape index (κ1) is 11.6. The van der Waals surface area contributed by atoms with E-state index in [0.29, 0.717) is 12.2 Å². The van der Waals surface area contributed by atoms with E-state index in [2.05, 4.69) is 4.74 Å². The van der Waals surface area contributed by atoms with Crippen LogP contribution in [0.3, 0.4) is 0 Å². The molecule has 1 aromatic rings. The highest BCUT2D eigenvalue weighted by atomic mass is 16.5. The number of ether oxygens (including phenoxy) is 2. The number of rotatable bonds is 2. The third kappa shape index (κ3) is 1.90. The van der Waals surface area contributed by atoms with Crippen LogP contribution in [0.25, 0.3) is 0 Å². The number of Topliss-reactive ketones (excluding diaryl/α,β-unsaturated/α-hetero) is 1. The summed E-state index contributed by atoms with van der Waals surface area (Å²) in [5.41, 5.74) is 1.16. The molecule has 2 rings (SSSR count). The highest BCUT2D eigenvalue weighted by Crippen LogP contribution is 2.38. The molecule has 0 radical (unpaired) electrons. The van der Waals surface area contributed by atoms with E-state index in [4.69, 9.17) is 4.74 Å². The van der Waals surface area contributed by atoms with Crippen LogP contribution in [0.15, 0.2) is 18.2 Å². The normalized spacial score (nSPS) is 15.9. The molecule has 0 bridgehead atoms. The fraction of sp³-hybridized carbons (Fsp3) is 0.385. The van der Waals surface area contributed by atoms with E-state index in [1.54, 1.807) is 18.2 Å². The van der Waals surface area contributed by atoms with Crippen LogP contribution < -0.4 is 4.74 Å². The van der Waals surface area contributed by atoms with Crippen LogP contribution in [0, 0.1) is 0 Å². The lowest BCUT2D eigenvalue weighted by atomic mass is 9.86. The Hall–Kier alpha value is -1.84. The predicted molar refractivity (Wildman–Crippen MR) is 61.3 cm³/mol. The van der Waals surface area contributed by atoms with Gasteiger partial charge < -0.3 is 9.47 Å². The van der Waals surface area contributed by atoms with Crippen LogP contribution >= 0.6 is 0 Å². The summed E-state index contributed by atoms with van der Waals surface area (Å²) in [5, 5.41) is 0. The lowest BCUT2D eigenvalue weighted by Crippen LogP contribution is -2.20. The topological polar surface area (TPSA) is 52.6 Å². The van der Waals surface area contributed by atoms with Crippen molar-refractivity contribution in [3.63, 3.8) is 0 Å². The molecule has 0 unspecified atom stereocenters. The zero-order chi connectivity index (χ0) is 12.6. The molecule has 0 spiro atoms. The summed E-state index contributed by atoms with van der Waals surface area (Å²) in [6, 6.07) is 5.02. The van der Waals surface area contributed by atoms with E-state index in [-0.39, 0.29) is 5.41 Å². The molecule has 1 heterocycles. The van der Waals surface area contributed by atoms with Gasteiger partial charge in [-0.25, -0.2) is 4.79 Å². The highest BCUT2D eigenvalue weighted by Gasteiger charge is 2.32. The maximum atomic E-state index is 11.7. The molecule has 0 saturated heterocycles. The van der Waals surface area contributed by atoms with E-state index in [1.165, 1.54) is 7.11 Å². The second-order valence-corrected chi connectivity index (χ2v) is 4.70. The molecule has 0 aliphatic carbocycles. The van der Waals surface area contributed by atoms with Crippen molar-refractivity contribution < 1.29 is 19.1 Å². The lowest BCUT2D eigenvalue weighted by molar-refractivity contribution is -0.135. The Bertz CT molecular complexity index is 488. The van der Waals surface area contributed by atoms with Crippen molar-refractivity contribution in [3.8, 4) is 5.75 Å². The third-order valence-corrected chi connectivity index (χ3v) is 2.93. The molecule has 1 aromatic carbocycles. The van der Waals surface area contributed by atoms with E-state index in [9.17, 15) is 9.59 Å². The number of carbonyl (C=O) groups is 2. The summed E-state index contributed by atoms with van der Waals surface area (Å²) in [5.74, 6) is -0.698. The lowest BCUT2D eigenvalue weighted by Gasteiger charge is -2.15. The first-order valence-electron chi connectivity index (χ1n) is 5.36. The molecule has 0 amide bonds. The molecule has 90 valence electrons. The first-order chi connectivity index (χ1) is 7.95. The molecule has 0 fully saturated rings. The molecule has 1 aliphatic heterocycles. The molecule has 4 nitrogen and oxygen atoms in total. The van der Waals surface area contributed by atoms with Crippen LogP contribution in [0.5, 0.6) is 5.75 Å². The van der Waals surface area contributed by atoms with Crippen molar-refractivity contribution in [2.45, 2.75) is 19.3 Å². The van der Waals surface area contributed by atoms with Gasteiger partial charge in [-0.1, -0.05) is 13.8 Å². The molecule has 1 aliphatic rings. The average Bonchev–Trinajstić information content (AvgIpc) is 2.63. The fourth-order valence-corrected chi connectivity index (χ4v) is 1.87. The fourth-order valence-electron chi connectivity index (χ4n) is 1.87. The molecule has 0 N–H and O–H groups in total. The molecule has 0 aromatic heterocycles. The second-order valence-electron chi connectivity index (χ2n) is 4.70. The minimum absolute atomic E-state index is 0.137. The van der Waals surface area contributed by atoms with Gasteiger partial charge in [0.1, 0.15) is 5.75 Å². The summed E-state index contributed by atoms with van der Waals surface area (Å²) in [7, 11) is 1.20. The van der Waals surface area contributed by atoms with Gasteiger partial charge in [-0.3, -0.25) is 4.79 Å². The zero-order valence-corrected chi connectivity index (χ0v) is 10.1. The summed E-state index contributed by atoms with van der Waals surface area (Å²) in [6.45, 7) is 4.65. The van der Waals surface area contributed by atoms with Crippen LogP contribution in [0.1, 0.15) is 29.8 Å². The zero-order valence-electron chi connectivity index (χ0n) is 10.1. The van der Waals surface area contributed by atoms with Gasteiger partial charge in [0.05, 0.1) is 13.7 Å². The quantitative estimate of drug-likeness (QED) is 0.444. The van der Waals surface area contributed by atoms with Crippen LogP contribution in [0.4, 0.5) is 0 Å². The maximum Gasteiger partial charge on any atom is 0.379 e. The van der Waals surface area contributed by atoms with Crippen molar-refractivity contribution in [1.82, 2.24) is 0 Å². The van der Waals surface area contributed by atoms with Gasteiger partial charge in [0.25, 0.3) is 5.78 Å². The van der Waals surface area contributed by atoms with Gasteiger partial charge in [0.2, 0.25) is 0 Å². The summed E-state index contributed by atoms with van der Waals surface area (Å²) in [4.78, 5) is 22.8. The van der Waals surface area contributed by atoms with Crippen molar-refractivity contribution in [2.24, 2.45) is 0 Å². The number of ketones is 1. The van der Waals surface area contributed by atoms with Crippen LogP contribution in [-0.4, -0.2) is 25.5 Å². The van der Waals surface area contributed by atoms with Gasteiger partial charge in [0.15, 0.2) is 0 Å². The van der Waals surface area contributed by atoms with Gasteiger partial charge >= 0.3 is 5.97 Å². The SMILES string of the molecule is COC(=O)C(=O)c1ccc2c(c1)C(C)(C)CO2. The Morgan fingerprint density at radius 2 is 2.06 bits per heavy atom. The summed E-state index contributed by atoms with van der Waals surface area (Å²) < 4.78 is 9.93. The van der Waals surface area contributed by atoms with E-state index < -0.39 is 11.8 Å². The van der Waals surface area contributed by atoms with Gasteiger partial charge in [0, 0.05) is 16.5 Å². The first-order valence-corrected chi connectivity index (χ1v) is 5.36. The number of hydrogen-bond acceptors (Lipinski definition) is 4. The Morgan fingerprint density at radius 3 is 2.71 bits per heavy atom. The van der Waals surface area contributed by atoms with Crippen molar-refractivity contribution in [3.05, 3.63) is 29.3 Å². The molecular weight excluding hydrogens is 220 g/mol. The Morgan fingerprint density at radius 1 is 1.35 bits per heavy atom. The van der Waals surface area contributed by atoms with Crippen molar-refractivity contribution in [2.75, 3.05) is 13.7 Å². The van der Waals surface area contributed by atoms with E-state index in [0.717, 1.165) is 11.3 Å². The Balaban J connectivity index is 2.41. The van der Waals surface area contributed by atoms with Gasteiger partial charge in [-0.15, -0.1) is 0 Å². The summed E-state index contributed by atoms with van der Waals surface area (Å²) >= 11 is 0. The van der Waals surface area contributed by atoms with E-state index >= 15 is 0 Å². The smallest absolute Gasteiger partial charge is 0.379 e. The molecule has 0 saturated carbocycles. The van der Waals surface area contributed by atoms with Gasteiger partial charge in [-0.05, 0) is 18.2 Å². The summed E-state index contributed by atoms with van der Waals surface area (Å²) in [6.07, 6.45) is 0. The Labute approximate surface area is 99.5 Å². The molecule has 0 atom stereocenters. The van der Waals surface area contributed by atoms with E-state index in [1.807, 2.05) is 13.8 Å². The second kappa shape index (κ2) is 3.87. The Kier molecular flexibility index (Phi) is 2.65. The number of esters is 1. The van der Waals surface area contributed by atoms with Gasteiger partial charge in [-0.2, -0.15) is 0 Å². The largest absolute Gasteiger partial charge is 0.492 e. The molecule has 4 heteroatoms. The molecular formula is C13H14O4. The molecule has 17 heavy (non-hydrogen) atoms. The van der Waals surface area contributed by atoms with Crippen LogP contribution in [-0.2, 0) is 14.9 Å². The standard InChI is InChI=1S/C13H14O4/c1-13(2)7-17-10-5-4-8(6-9(10)13)11(14)12(15)16-3/h4-6H,7H2,1-3H3. The predicted octanol–water partition coefficient (Wildman–Crippen LogP) is 1.71. The number of carbonyl (C=O) groups excluding carboxylic acids is 2. The van der Waals surface area contributed by atoms with Crippen LogP contribution in [0.2, 0.25) is 0 Å². The highest BCUT2D eigenvalue weighted by molar-refractivity contribution is 6.40. The maximum absolute atomic E-state index is 11.7. The number of benzene rings is 1. The minimum Gasteiger partial charge on any atom is -0.492 e. The monoisotopic (exact) mass is 234 g/mol. The van der Waals surface area contributed by atoms with Crippen molar-refractivity contribution in [1.29, 1.82) is 0 Å². The number of methoxy groups -OCH3 is 1. The number of hydrogen-bond donors (Lipinski definition) is 0. The number of fused-ring (bicyclic) bond motifs is 1. The third-order valence-electron chi connectivity index (χ3n) is 2.93. The average molecular weight is 234 g/mol. The minimum atomic E-state index is -0.846. The van der Waals surface area contributed by atoms with Crippen molar-refractivity contribution >= 4 is 11.8 Å².